The van der Waals surface area contributed by atoms with E-state index in [1.807, 2.05) is 0 Å². The van der Waals surface area contributed by atoms with Gasteiger partial charge in [0.2, 0.25) is 0 Å². The minimum atomic E-state index is -1.01. The first-order chi connectivity index (χ1) is 7.74. The van der Waals surface area contributed by atoms with Crippen molar-refractivity contribution in [1.82, 2.24) is 4.90 Å². The quantitative estimate of drug-likeness (QED) is 0.761. The Bertz CT molecular complexity index is 360. The molecular weight excluding hydrogens is 222 g/mol. The normalized spacial score (nSPS) is 31.7. The molecule has 0 radical (unpaired) electrons. The summed E-state index contributed by atoms with van der Waals surface area (Å²) < 4.78 is 5.27. The Kier molecular flexibility index (Phi) is 2.60. The summed E-state index contributed by atoms with van der Waals surface area (Å²) in [5.74, 6) is -0.582. The molecule has 0 spiro atoms. The first-order valence-corrected chi connectivity index (χ1v) is 5.99. The fourth-order valence-corrected chi connectivity index (χ4v) is 2.83. The fourth-order valence-electron chi connectivity index (χ4n) is 2.83. The van der Waals surface area contributed by atoms with E-state index >= 15 is 0 Å². The molecule has 96 valence electrons. The van der Waals surface area contributed by atoms with Gasteiger partial charge in [-0.3, -0.25) is 4.90 Å². The molecule has 1 saturated heterocycles. The highest BCUT2D eigenvalue weighted by Gasteiger charge is 2.58. The maximum atomic E-state index is 12.0. The second-order valence-electron chi connectivity index (χ2n) is 6.04. The molecule has 1 heterocycles. The zero-order chi connectivity index (χ0) is 12.8. The van der Waals surface area contributed by atoms with E-state index in [-0.39, 0.29) is 0 Å². The van der Waals surface area contributed by atoms with Gasteiger partial charge in [-0.15, -0.1) is 0 Å². The van der Waals surface area contributed by atoms with Crippen LogP contribution < -0.4 is 0 Å². The van der Waals surface area contributed by atoms with Crippen LogP contribution >= 0.6 is 0 Å². The maximum Gasteiger partial charge on any atom is 0.411 e. The first-order valence-electron chi connectivity index (χ1n) is 5.99. The van der Waals surface area contributed by atoms with Crippen LogP contribution in [0.5, 0.6) is 0 Å². The van der Waals surface area contributed by atoms with Crippen molar-refractivity contribution in [2.24, 2.45) is 5.92 Å². The van der Waals surface area contributed by atoms with Crippen molar-refractivity contribution in [2.45, 2.75) is 51.2 Å². The minimum Gasteiger partial charge on any atom is -0.479 e. The fraction of sp³-hybridized carbons (Fsp3) is 0.833. The predicted octanol–water partition coefficient (Wildman–Crippen LogP) is 1.86. The van der Waals surface area contributed by atoms with E-state index in [2.05, 4.69) is 0 Å². The number of hydrogen-bond donors (Lipinski definition) is 1. The van der Waals surface area contributed by atoms with Crippen LogP contribution in [0.3, 0.4) is 0 Å². The number of carbonyl (C=O) groups is 2. The summed E-state index contributed by atoms with van der Waals surface area (Å²) in [6.07, 6.45) is 1.52. The van der Waals surface area contributed by atoms with E-state index in [9.17, 15) is 14.7 Å². The molecule has 2 rings (SSSR count). The van der Waals surface area contributed by atoms with E-state index in [4.69, 9.17) is 4.74 Å². The van der Waals surface area contributed by atoms with Crippen LogP contribution in [0.15, 0.2) is 0 Å². The molecule has 1 amide bonds. The van der Waals surface area contributed by atoms with Crippen LogP contribution in [-0.4, -0.2) is 39.8 Å². The Morgan fingerprint density at radius 1 is 1.41 bits per heavy atom. The van der Waals surface area contributed by atoms with Crippen molar-refractivity contribution in [3.63, 3.8) is 0 Å². The third-order valence-corrected chi connectivity index (χ3v) is 3.56. The smallest absolute Gasteiger partial charge is 0.411 e. The first kappa shape index (κ1) is 12.2. The summed E-state index contributed by atoms with van der Waals surface area (Å²) in [7, 11) is 0. The van der Waals surface area contributed by atoms with Crippen molar-refractivity contribution >= 4 is 12.1 Å². The highest BCUT2D eigenvalue weighted by Crippen LogP contribution is 2.47. The molecule has 0 aromatic heterocycles. The lowest BCUT2D eigenvalue weighted by molar-refractivity contribution is -0.149. The number of rotatable bonds is 1. The Labute approximate surface area is 101 Å². The molecule has 2 fully saturated rings. The second kappa shape index (κ2) is 3.62. The van der Waals surface area contributed by atoms with Crippen molar-refractivity contribution in [1.29, 1.82) is 0 Å². The molecule has 2 atom stereocenters. The van der Waals surface area contributed by atoms with Crippen LogP contribution in [0.4, 0.5) is 4.79 Å². The molecular formula is C12H19NO4. The van der Waals surface area contributed by atoms with E-state index in [1.54, 1.807) is 20.8 Å². The lowest BCUT2D eigenvalue weighted by Gasteiger charge is -2.36. The van der Waals surface area contributed by atoms with Gasteiger partial charge in [-0.25, -0.2) is 9.59 Å². The zero-order valence-electron chi connectivity index (χ0n) is 10.5. The van der Waals surface area contributed by atoms with Gasteiger partial charge in [0.15, 0.2) is 0 Å². The van der Waals surface area contributed by atoms with Crippen molar-refractivity contribution < 1.29 is 19.4 Å². The Morgan fingerprint density at radius 2 is 2.06 bits per heavy atom. The van der Waals surface area contributed by atoms with Gasteiger partial charge in [0.25, 0.3) is 0 Å². The van der Waals surface area contributed by atoms with Crippen molar-refractivity contribution in [3.05, 3.63) is 0 Å². The summed E-state index contributed by atoms with van der Waals surface area (Å²) in [4.78, 5) is 24.8. The standard InChI is InChI=1S/C12H19NO4/c1-11(2,3)17-10(16)13-7-8-4-5-12(13,6-8)9(14)15/h8H,4-7H2,1-3H3,(H,14,15)/t8-,12?/m1/s1. The van der Waals surface area contributed by atoms with Crippen molar-refractivity contribution in [2.75, 3.05) is 6.54 Å². The van der Waals surface area contributed by atoms with Gasteiger partial charge < -0.3 is 9.84 Å². The van der Waals surface area contributed by atoms with Gasteiger partial charge in [-0.05, 0) is 46.0 Å². The number of carboxylic acid groups (broad SMARTS) is 1. The van der Waals surface area contributed by atoms with E-state index in [0.29, 0.717) is 25.3 Å². The lowest BCUT2D eigenvalue weighted by atomic mass is 9.98. The molecule has 5 heteroatoms. The van der Waals surface area contributed by atoms with E-state index < -0.39 is 23.2 Å². The molecule has 0 aromatic rings. The monoisotopic (exact) mass is 241 g/mol. The summed E-state index contributed by atoms with van der Waals surface area (Å²) in [5.41, 5.74) is -1.59. The number of likely N-dealkylation sites (tertiary alicyclic amines) is 1. The third-order valence-electron chi connectivity index (χ3n) is 3.56. The molecule has 1 saturated carbocycles. The number of carboxylic acids is 1. The molecule has 1 aliphatic heterocycles. The Hall–Kier alpha value is -1.26. The topological polar surface area (TPSA) is 66.8 Å². The average Bonchev–Trinajstić information content (AvgIpc) is 2.72. The van der Waals surface area contributed by atoms with Gasteiger partial charge in [0.05, 0.1) is 0 Å². The Balaban J connectivity index is 2.17. The number of aliphatic carboxylic acids is 1. The van der Waals surface area contributed by atoms with Crippen LogP contribution in [0.25, 0.3) is 0 Å². The predicted molar refractivity (Wildman–Crippen MR) is 60.6 cm³/mol. The van der Waals surface area contributed by atoms with Crippen LogP contribution in [0.2, 0.25) is 0 Å². The molecule has 2 aliphatic rings. The SMILES string of the molecule is CC(C)(C)OC(=O)N1C[C@@H]2CCC1(C(=O)O)C2. The van der Waals surface area contributed by atoms with Crippen LogP contribution in [0.1, 0.15) is 40.0 Å². The van der Waals surface area contributed by atoms with E-state index in [0.717, 1.165) is 6.42 Å². The summed E-state index contributed by atoms with van der Waals surface area (Å²) in [5, 5.41) is 9.36. The number of amides is 1. The largest absolute Gasteiger partial charge is 0.479 e. The molecule has 1 unspecified atom stereocenters. The average molecular weight is 241 g/mol. The number of fused-ring (bicyclic) bond motifs is 2. The molecule has 5 nitrogen and oxygen atoms in total. The van der Waals surface area contributed by atoms with Gasteiger partial charge in [0.1, 0.15) is 11.1 Å². The number of piperidine rings is 1. The third kappa shape index (κ3) is 1.98. The minimum absolute atomic E-state index is 0.318. The van der Waals surface area contributed by atoms with E-state index in [1.165, 1.54) is 4.90 Å². The van der Waals surface area contributed by atoms with Gasteiger partial charge in [0, 0.05) is 6.54 Å². The highest BCUT2D eigenvalue weighted by molar-refractivity contribution is 5.86. The van der Waals surface area contributed by atoms with Gasteiger partial charge in [-0.1, -0.05) is 0 Å². The molecule has 1 aliphatic carbocycles. The van der Waals surface area contributed by atoms with Gasteiger partial charge in [-0.2, -0.15) is 0 Å². The molecule has 1 N–H and O–H groups in total. The summed E-state index contributed by atoms with van der Waals surface area (Å²) in [6.45, 7) is 5.87. The second-order valence-corrected chi connectivity index (χ2v) is 6.04. The lowest BCUT2D eigenvalue weighted by Crippen LogP contribution is -2.54. The van der Waals surface area contributed by atoms with Crippen LogP contribution in [-0.2, 0) is 9.53 Å². The van der Waals surface area contributed by atoms with Gasteiger partial charge >= 0.3 is 12.1 Å². The highest BCUT2D eigenvalue weighted by atomic mass is 16.6. The Morgan fingerprint density at radius 3 is 2.53 bits per heavy atom. The summed E-state index contributed by atoms with van der Waals surface area (Å²) >= 11 is 0. The summed E-state index contributed by atoms with van der Waals surface area (Å²) in [6, 6.07) is 0. The number of carbonyl (C=O) groups excluding carboxylic acids is 1. The maximum absolute atomic E-state index is 12.0. The van der Waals surface area contributed by atoms with Crippen LogP contribution in [0, 0.1) is 5.92 Å². The molecule has 0 aromatic carbocycles. The van der Waals surface area contributed by atoms with Crippen molar-refractivity contribution in [3.8, 4) is 0 Å². The zero-order valence-corrected chi connectivity index (χ0v) is 10.5. The molecule has 17 heavy (non-hydrogen) atoms. The molecule has 2 bridgehead atoms. The number of ether oxygens (including phenoxy) is 1. The number of hydrogen-bond acceptors (Lipinski definition) is 3. The number of nitrogens with zero attached hydrogens (tertiary/aromatic N) is 1.